The molecule has 1 atom stereocenters. The number of carbonyl (C=O) groups is 1. The van der Waals surface area contributed by atoms with Crippen LogP contribution in [-0.2, 0) is 25.4 Å². The predicted octanol–water partition coefficient (Wildman–Crippen LogP) is 1.29. The number of halogens is 2. The molecular weight excluding hydrogens is 414 g/mol. The van der Waals surface area contributed by atoms with Crippen molar-refractivity contribution in [3.8, 4) is 0 Å². The molecule has 1 aromatic carbocycles. The van der Waals surface area contributed by atoms with E-state index >= 15 is 0 Å². The highest BCUT2D eigenvalue weighted by molar-refractivity contribution is 7.90. The highest BCUT2D eigenvalue weighted by Gasteiger charge is 2.52. The lowest BCUT2D eigenvalue weighted by atomic mass is 9.82. The molecule has 3 aliphatic rings. The van der Waals surface area contributed by atoms with Crippen molar-refractivity contribution in [3.63, 3.8) is 0 Å². The second-order valence-electron chi connectivity index (χ2n) is 7.88. The molecule has 0 aliphatic carbocycles. The van der Waals surface area contributed by atoms with Gasteiger partial charge < -0.3 is 9.64 Å². The van der Waals surface area contributed by atoms with E-state index in [0.29, 0.717) is 24.6 Å². The Bertz CT molecular complexity index is 929. The lowest BCUT2D eigenvalue weighted by molar-refractivity contribution is 0.139. The molecule has 3 fully saturated rings. The van der Waals surface area contributed by atoms with E-state index in [2.05, 4.69) is 0 Å². The third-order valence-corrected chi connectivity index (χ3v) is 8.15. The van der Waals surface area contributed by atoms with Gasteiger partial charge in [0.05, 0.1) is 18.0 Å². The number of rotatable bonds is 5. The van der Waals surface area contributed by atoms with Crippen LogP contribution in [0.2, 0.25) is 0 Å². The average molecular weight is 434 g/mol. The first-order chi connectivity index (χ1) is 13.1. The first-order valence-corrected chi connectivity index (χ1v) is 12.3. The molecule has 11 heteroatoms. The number of ether oxygens (including phenoxy) is 1. The summed E-state index contributed by atoms with van der Waals surface area (Å²) in [7, 11) is -4.02. The van der Waals surface area contributed by atoms with Crippen molar-refractivity contribution in [3.05, 3.63) is 23.8 Å². The number of amides is 1. The molecule has 1 aromatic rings. The maximum atomic E-state index is 14.6. The Morgan fingerprint density at radius 2 is 1.86 bits per heavy atom. The molecule has 0 saturated carbocycles. The molecule has 7 nitrogen and oxygen atoms in total. The van der Waals surface area contributed by atoms with Crippen molar-refractivity contribution in [2.45, 2.75) is 12.5 Å². The molecule has 3 aliphatic heterocycles. The van der Waals surface area contributed by atoms with Crippen molar-refractivity contribution in [2.24, 2.45) is 5.41 Å². The zero-order valence-electron chi connectivity index (χ0n) is 15.2. The Balaban J connectivity index is 1.46. The van der Waals surface area contributed by atoms with E-state index in [4.69, 9.17) is 4.74 Å². The van der Waals surface area contributed by atoms with Gasteiger partial charge in [0.25, 0.3) is 0 Å². The van der Waals surface area contributed by atoms with E-state index in [-0.39, 0.29) is 35.5 Å². The minimum absolute atomic E-state index is 0.0330. The highest BCUT2D eigenvalue weighted by Crippen LogP contribution is 2.44. The van der Waals surface area contributed by atoms with Crippen LogP contribution in [0, 0.1) is 17.0 Å². The van der Waals surface area contributed by atoms with E-state index in [0.717, 1.165) is 23.3 Å². The number of carbonyl (C=O) groups excluding carboxylic acids is 1. The number of nitrogens with zero attached hydrogens (tertiary/aromatic N) is 2. The van der Waals surface area contributed by atoms with Crippen LogP contribution >= 0.6 is 0 Å². The quantitative estimate of drug-likeness (QED) is 0.695. The Labute approximate surface area is 164 Å². The van der Waals surface area contributed by atoms with Gasteiger partial charge in [-0.2, -0.15) is 0 Å². The number of hydrogen-bond acceptors (Lipinski definition) is 6. The smallest absolute Gasteiger partial charge is 0.414 e. The summed E-state index contributed by atoms with van der Waals surface area (Å²) >= 11 is 0. The van der Waals surface area contributed by atoms with Crippen LogP contribution < -0.4 is 9.80 Å². The maximum Gasteiger partial charge on any atom is 0.414 e. The second kappa shape index (κ2) is 6.65. The lowest BCUT2D eigenvalue weighted by Gasteiger charge is -2.55. The molecule has 4 rings (SSSR count). The maximum absolute atomic E-state index is 14.6. The summed E-state index contributed by atoms with van der Waals surface area (Å²) in [5.41, 5.74) is -0.201. The Morgan fingerprint density at radius 1 is 1.25 bits per heavy atom. The molecule has 0 N–H and O–H groups in total. The molecule has 1 spiro atoms. The minimum atomic E-state index is -3.20. The standard InChI is InChI=1S/C17H20F2N2O5S2/c1-28(24,25)3-2-12-6-21(16(22)26-12)11-4-13(18)15(14(19)5-11)20-7-17(8-20)9-27(23)10-17/h4-5,12H,2-3,6-10H2,1H3/t12-/m0/s1. The zero-order chi connectivity index (χ0) is 20.3. The zero-order valence-corrected chi connectivity index (χ0v) is 16.8. The highest BCUT2D eigenvalue weighted by atomic mass is 32.2. The number of cyclic esters (lactones) is 1. The van der Waals surface area contributed by atoms with Gasteiger partial charge >= 0.3 is 6.09 Å². The summed E-state index contributed by atoms with van der Waals surface area (Å²) in [6.07, 6.45) is -0.194. The summed E-state index contributed by atoms with van der Waals surface area (Å²) in [4.78, 5) is 14.7. The Kier molecular flexibility index (Phi) is 4.65. The van der Waals surface area contributed by atoms with Gasteiger partial charge in [-0.25, -0.2) is 22.0 Å². The van der Waals surface area contributed by atoms with Crippen molar-refractivity contribution in [1.82, 2.24) is 0 Å². The molecule has 3 heterocycles. The number of sulfone groups is 1. The van der Waals surface area contributed by atoms with Crippen LogP contribution in [-0.4, -0.2) is 68.0 Å². The van der Waals surface area contributed by atoms with E-state index in [1.54, 1.807) is 4.90 Å². The van der Waals surface area contributed by atoms with Gasteiger partial charge in [-0.05, 0) is 0 Å². The monoisotopic (exact) mass is 434 g/mol. The summed E-state index contributed by atoms with van der Waals surface area (Å²) in [6, 6.07) is 2.17. The van der Waals surface area contributed by atoms with Crippen LogP contribution in [0.3, 0.4) is 0 Å². The second-order valence-corrected chi connectivity index (χ2v) is 11.6. The van der Waals surface area contributed by atoms with Gasteiger partial charge in [0.2, 0.25) is 0 Å². The molecule has 154 valence electrons. The summed E-state index contributed by atoms with van der Waals surface area (Å²) in [6.45, 7) is 0.960. The molecule has 1 amide bonds. The largest absolute Gasteiger partial charge is 0.444 e. The topological polar surface area (TPSA) is 84.0 Å². The van der Waals surface area contributed by atoms with E-state index < -0.39 is 44.5 Å². The van der Waals surface area contributed by atoms with Crippen molar-refractivity contribution in [2.75, 3.05) is 52.9 Å². The summed E-state index contributed by atoms with van der Waals surface area (Å²) in [5, 5.41) is 0. The fourth-order valence-electron chi connectivity index (χ4n) is 3.98. The van der Waals surface area contributed by atoms with Crippen molar-refractivity contribution in [1.29, 1.82) is 0 Å². The van der Waals surface area contributed by atoms with Crippen LogP contribution in [0.5, 0.6) is 0 Å². The molecule has 3 saturated heterocycles. The van der Waals surface area contributed by atoms with Crippen LogP contribution in [0.25, 0.3) is 0 Å². The number of anilines is 2. The van der Waals surface area contributed by atoms with Crippen LogP contribution in [0.1, 0.15) is 6.42 Å². The lowest BCUT2D eigenvalue weighted by Crippen LogP contribution is -2.67. The van der Waals surface area contributed by atoms with Gasteiger partial charge in [0, 0.05) is 65.6 Å². The first-order valence-electron chi connectivity index (χ1n) is 8.80. The number of benzene rings is 1. The Hall–Kier alpha value is -1.75. The predicted molar refractivity (Wildman–Crippen MR) is 101 cm³/mol. The third-order valence-electron chi connectivity index (χ3n) is 5.30. The minimum Gasteiger partial charge on any atom is -0.444 e. The first kappa shape index (κ1) is 19.6. The normalized spacial score (nSPS) is 24.2. The van der Waals surface area contributed by atoms with Crippen molar-refractivity contribution >= 4 is 38.1 Å². The molecule has 0 aromatic heterocycles. The Morgan fingerprint density at radius 3 is 2.39 bits per heavy atom. The fourth-order valence-corrected chi connectivity index (χ4v) is 6.32. The summed E-state index contributed by atoms with van der Waals surface area (Å²) < 4.78 is 68.2. The van der Waals surface area contributed by atoms with Gasteiger partial charge in [0.15, 0.2) is 11.6 Å². The van der Waals surface area contributed by atoms with Crippen molar-refractivity contribution < 1.29 is 30.9 Å². The third kappa shape index (κ3) is 3.61. The van der Waals surface area contributed by atoms with E-state index in [1.807, 2.05) is 0 Å². The van der Waals surface area contributed by atoms with Crippen LogP contribution in [0.4, 0.5) is 25.0 Å². The van der Waals surface area contributed by atoms with E-state index in [9.17, 15) is 26.2 Å². The fraction of sp³-hybridized carbons (Fsp3) is 0.588. The molecular formula is C17H20F2N2O5S2. The van der Waals surface area contributed by atoms with Gasteiger partial charge in [-0.1, -0.05) is 0 Å². The van der Waals surface area contributed by atoms with Gasteiger partial charge in [0.1, 0.15) is 21.6 Å². The molecule has 0 radical (unpaired) electrons. The molecule has 0 unspecified atom stereocenters. The van der Waals surface area contributed by atoms with Gasteiger partial charge in [-0.3, -0.25) is 9.11 Å². The molecule has 28 heavy (non-hydrogen) atoms. The molecule has 0 bridgehead atoms. The SMILES string of the molecule is CS(=O)(=O)CC[C@H]1CN(c2cc(F)c(N3CC4(C3)CS(=O)C4)c(F)c2)C(=O)O1. The average Bonchev–Trinajstić information content (AvgIpc) is 2.88. The van der Waals surface area contributed by atoms with Crippen LogP contribution in [0.15, 0.2) is 12.1 Å². The van der Waals surface area contributed by atoms with Gasteiger partial charge in [-0.15, -0.1) is 0 Å². The summed E-state index contributed by atoms with van der Waals surface area (Å²) in [5.74, 6) is -0.559. The number of hydrogen-bond donors (Lipinski definition) is 0. The van der Waals surface area contributed by atoms with E-state index in [1.165, 1.54) is 0 Å².